The number of rotatable bonds is 5. The molecule has 1 fully saturated rings. The molecule has 1 aliphatic heterocycles. The first-order chi connectivity index (χ1) is 7.33. The van der Waals surface area contributed by atoms with E-state index in [-0.39, 0.29) is 12.1 Å². The van der Waals surface area contributed by atoms with E-state index in [1.807, 2.05) is 0 Å². The third kappa shape index (κ3) is 4.01. The Kier molecular flexibility index (Phi) is 4.73. The fraction of sp³-hybridized carbons (Fsp3) is 1.00. The fourth-order valence-electron chi connectivity index (χ4n) is 2.14. The second kappa shape index (κ2) is 5.44. The molecule has 0 amide bonds. The highest BCUT2D eigenvalue weighted by Crippen LogP contribution is 2.21. The fourth-order valence-corrected chi connectivity index (χ4v) is 2.63. The third-order valence-electron chi connectivity index (χ3n) is 3.17. The van der Waals surface area contributed by atoms with E-state index in [2.05, 4.69) is 23.5 Å². The van der Waals surface area contributed by atoms with Crippen molar-refractivity contribution in [1.29, 1.82) is 0 Å². The van der Waals surface area contributed by atoms with Gasteiger partial charge in [-0.3, -0.25) is 4.90 Å². The summed E-state index contributed by atoms with van der Waals surface area (Å²) >= 11 is 0. The first-order valence-corrected chi connectivity index (χ1v) is 7.61. The van der Waals surface area contributed by atoms with Crippen LogP contribution in [0.4, 0.5) is 0 Å². The van der Waals surface area contributed by atoms with Crippen LogP contribution >= 0.6 is 0 Å². The van der Waals surface area contributed by atoms with Gasteiger partial charge >= 0.3 is 0 Å². The van der Waals surface area contributed by atoms with Crippen LogP contribution in [0.2, 0.25) is 0 Å². The number of aliphatic hydroxyl groups is 1. The Morgan fingerprint density at radius 3 is 2.69 bits per heavy atom. The molecule has 3 unspecified atom stereocenters. The molecule has 0 aliphatic carbocycles. The summed E-state index contributed by atoms with van der Waals surface area (Å²) < 4.78 is 24.6. The maximum Gasteiger partial charge on any atom is 0.208 e. The lowest BCUT2D eigenvalue weighted by atomic mass is 10.1. The van der Waals surface area contributed by atoms with Crippen molar-refractivity contribution in [2.24, 2.45) is 0 Å². The summed E-state index contributed by atoms with van der Waals surface area (Å²) in [6.45, 7) is 5.23. The number of hydrogen-bond donors (Lipinski definition) is 2. The summed E-state index contributed by atoms with van der Waals surface area (Å²) in [6, 6.07) is 0.489. The van der Waals surface area contributed by atoms with Gasteiger partial charge in [0.15, 0.2) is 0 Å². The van der Waals surface area contributed by atoms with E-state index in [1.54, 1.807) is 0 Å². The lowest BCUT2D eigenvalue weighted by Crippen LogP contribution is -2.43. The summed E-state index contributed by atoms with van der Waals surface area (Å²) in [4.78, 5) is 2.18. The van der Waals surface area contributed by atoms with E-state index in [9.17, 15) is 13.5 Å². The van der Waals surface area contributed by atoms with Crippen LogP contribution in [0.25, 0.3) is 0 Å². The number of hydrogen-bond acceptors (Lipinski definition) is 4. The number of β-amino-alcohol motifs (C(OH)–C–C–N with tert-alkyl or cyclic N) is 1. The topological polar surface area (TPSA) is 69.6 Å². The average molecular weight is 250 g/mol. The Morgan fingerprint density at radius 2 is 2.19 bits per heavy atom. The molecule has 0 spiro atoms. The zero-order valence-corrected chi connectivity index (χ0v) is 11.0. The molecular formula is C10H22N2O3S. The van der Waals surface area contributed by atoms with Crippen molar-refractivity contribution in [3.63, 3.8) is 0 Å². The highest BCUT2D eigenvalue weighted by atomic mass is 32.2. The standard InChI is InChI=1S/C10H22N2O3S/c1-4-8(2)12-7-10(13)5-9(12)6-11-16(3,14)15/h8-11,13H,4-7H2,1-3H3. The molecule has 5 nitrogen and oxygen atoms in total. The zero-order valence-electron chi connectivity index (χ0n) is 10.2. The van der Waals surface area contributed by atoms with E-state index in [4.69, 9.17) is 0 Å². The van der Waals surface area contributed by atoms with Crippen LogP contribution in [0.3, 0.4) is 0 Å². The largest absolute Gasteiger partial charge is 0.392 e. The predicted octanol–water partition coefficient (Wildman–Crippen LogP) is -0.231. The Balaban J connectivity index is 2.56. The molecule has 0 aromatic rings. The van der Waals surface area contributed by atoms with Crippen LogP contribution in [0, 0.1) is 0 Å². The molecule has 1 rings (SSSR count). The van der Waals surface area contributed by atoms with Gasteiger partial charge < -0.3 is 5.11 Å². The minimum absolute atomic E-state index is 0.111. The molecule has 1 heterocycles. The van der Waals surface area contributed by atoms with Crippen molar-refractivity contribution in [2.45, 2.75) is 44.9 Å². The predicted molar refractivity (Wildman–Crippen MR) is 63.7 cm³/mol. The van der Waals surface area contributed by atoms with Crippen molar-refractivity contribution in [1.82, 2.24) is 9.62 Å². The van der Waals surface area contributed by atoms with Gasteiger partial charge in [-0.25, -0.2) is 13.1 Å². The van der Waals surface area contributed by atoms with Crippen molar-refractivity contribution < 1.29 is 13.5 Å². The summed E-state index contributed by atoms with van der Waals surface area (Å²) in [5, 5.41) is 9.62. The molecule has 0 radical (unpaired) electrons. The van der Waals surface area contributed by atoms with Gasteiger partial charge in [-0.2, -0.15) is 0 Å². The van der Waals surface area contributed by atoms with Crippen LogP contribution in [0.15, 0.2) is 0 Å². The second-order valence-electron chi connectivity index (χ2n) is 4.62. The van der Waals surface area contributed by atoms with Crippen LogP contribution in [0.1, 0.15) is 26.7 Å². The first kappa shape index (κ1) is 13.9. The van der Waals surface area contributed by atoms with Crippen LogP contribution < -0.4 is 4.72 Å². The second-order valence-corrected chi connectivity index (χ2v) is 6.45. The van der Waals surface area contributed by atoms with Gasteiger partial charge in [0, 0.05) is 25.2 Å². The lowest BCUT2D eigenvalue weighted by molar-refractivity contribution is 0.151. The summed E-state index contributed by atoms with van der Waals surface area (Å²) in [7, 11) is -3.14. The number of nitrogens with zero attached hydrogens (tertiary/aromatic N) is 1. The average Bonchev–Trinajstić information content (AvgIpc) is 2.54. The Morgan fingerprint density at radius 1 is 1.56 bits per heavy atom. The van der Waals surface area contributed by atoms with Gasteiger partial charge in [-0.1, -0.05) is 6.92 Å². The van der Waals surface area contributed by atoms with Gasteiger partial charge in [0.05, 0.1) is 12.4 Å². The van der Waals surface area contributed by atoms with E-state index >= 15 is 0 Å². The number of sulfonamides is 1. The van der Waals surface area contributed by atoms with Gasteiger partial charge in [0.25, 0.3) is 0 Å². The minimum Gasteiger partial charge on any atom is -0.392 e. The lowest BCUT2D eigenvalue weighted by Gasteiger charge is -2.29. The highest BCUT2D eigenvalue weighted by Gasteiger charge is 2.33. The van der Waals surface area contributed by atoms with Crippen molar-refractivity contribution in [3.8, 4) is 0 Å². The monoisotopic (exact) mass is 250 g/mol. The van der Waals surface area contributed by atoms with Crippen molar-refractivity contribution >= 4 is 10.0 Å². The Hall–Kier alpha value is -0.170. The maximum atomic E-state index is 11.0. The van der Waals surface area contributed by atoms with E-state index in [0.29, 0.717) is 25.6 Å². The normalized spacial score (nSPS) is 29.5. The van der Waals surface area contributed by atoms with Crippen LogP contribution in [-0.2, 0) is 10.0 Å². The molecule has 6 heteroatoms. The molecular weight excluding hydrogens is 228 g/mol. The Bertz CT molecular complexity index is 318. The quantitative estimate of drug-likeness (QED) is 0.707. The third-order valence-corrected chi connectivity index (χ3v) is 3.86. The van der Waals surface area contributed by atoms with Crippen LogP contribution in [-0.4, -0.2) is 56.0 Å². The molecule has 0 bridgehead atoms. The SMILES string of the molecule is CCC(C)N1CC(O)CC1CNS(C)(=O)=O. The molecule has 0 aromatic heterocycles. The summed E-state index contributed by atoms with van der Waals surface area (Å²) in [5.74, 6) is 0. The van der Waals surface area contributed by atoms with Crippen molar-refractivity contribution in [2.75, 3.05) is 19.3 Å². The summed E-state index contributed by atoms with van der Waals surface area (Å²) in [5.41, 5.74) is 0. The van der Waals surface area contributed by atoms with E-state index < -0.39 is 10.0 Å². The summed E-state index contributed by atoms with van der Waals surface area (Å²) in [6.07, 6.45) is 2.47. The van der Waals surface area contributed by atoms with Crippen molar-refractivity contribution in [3.05, 3.63) is 0 Å². The van der Waals surface area contributed by atoms with E-state index in [1.165, 1.54) is 0 Å². The number of likely N-dealkylation sites (tertiary alicyclic amines) is 1. The zero-order chi connectivity index (χ0) is 12.3. The molecule has 0 aromatic carbocycles. The van der Waals surface area contributed by atoms with Crippen LogP contribution in [0.5, 0.6) is 0 Å². The Labute approximate surface area is 97.9 Å². The number of nitrogens with one attached hydrogen (secondary N) is 1. The smallest absolute Gasteiger partial charge is 0.208 e. The highest BCUT2D eigenvalue weighted by molar-refractivity contribution is 7.88. The molecule has 2 N–H and O–H groups in total. The molecule has 16 heavy (non-hydrogen) atoms. The van der Waals surface area contributed by atoms with Gasteiger partial charge in [-0.05, 0) is 19.8 Å². The molecule has 1 aliphatic rings. The molecule has 3 atom stereocenters. The van der Waals surface area contributed by atoms with Gasteiger partial charge in [-0.15, -0.1) is 0 Å². The first-order valence-electron chi connectivity index (χ1n) is 5.72. The van der Waals surface area contributed by atoms with Gasteiger partial charge in [0.1, 0.15) is 0 Å². The minimum atomic E-state index is -3.14. The molecule has 1 saturated heterocycles. The maximum absolute atomic E-state index is 11.0. The van der Waals surface area contributed by atoms with Gasteiger partial charge in [0.2, 0.25) is 10.0 Å². The number of aliphatic hydroxyl groups excluding tert-OH is 1. The van der Waals surface area contributed by atoms with E-state index in [0.717, 1.165) is 12.7 Å². The molecule has 0 saturated carbocycles. The molecule has 96 valence electrons.